The molecule has 1 N–H and O–H groups in total. The summed E-state index contributed by atoms with van der Waals surface area (Å²) in [4.78, 5) is -0.0192. The zero-order valence-corrected chi connectivity index (χ0v) is 15.4. The first-order chi connectivity index (χ1) is 10.8. The molecule has 0 aliphatic carbocycles. The van der Waals surface area contributed by atoms with Crippen LogP contribution < -0.4 is 10.1 Å². The first-order valence-electron chi connectivity index (χ1n) is 7.23. The average Bonchev–Trinajstić information content (AvgIpc) is 2.49. The van der Waals surface area contributed by atoms with Crippen LogP contribution in [0, 0.1) is 5.92 Å². The number of rotatable bonds is 6. The zero-order chi connectivity index (χ0) is 17.0. The molecule has 1 aromatic rings. The molecule has 1 atom stereocenters. The van der Waals surface area contributed by atoms with Crippen LogP contribution in [-0.2, 0) is 10.0 Å². The second kappa shape index (κ2) is 9.15. The van der Waals surface area contributed by atoms with Crippen molar-refractivity contribution in [2.45, 2.75) is 24.3 Å². The van der Waals surface area contributed by atoms with Crippen LogP contribution in [0.2, 0.25) is 5.02 Å². The van der Waals surface area contributed by atoms with Crippen molar-refractivity contribution in [3.8, 4) is 5.75 Å². The molecule has 10 heteroatoms. The molecule has 0 radical (unpaired) electrons. The molecule has 24 heavy (non-hydrogen) atoms. The molecule has 0 bridgehead atoms. The lowest BCUT2D eigenvalue weighted by molar-refractivity contribution is -0.0498. The lowest BCUT2D eigenvalue weighted by Gasteiger charge is -2.31. The molecule has 1 heterocycles. The monoisotopic (exact) mass is 404 g/mol. The molecule has 1 aliphatic heterocycles. The van der Waals surface area contributed by atoms with Crippen molar-refractivity contribution >= 4 is 34.0 Å². The van der Waals surface area contributed by atoms with Gasteiger partial charge in [0.1, 0.15) is 5.75 Å². The summed E-state index contributed by atoms with van der Waals surface area (Å²) < 4.78 is 55.5. The molecule has 138 valence electrons. The molecular weight excluding hydrogens is 385 g/mol. The van der Waals surface area contributed by atoms with Gasteiger partial charge in [0, 0.05) is 13.1 Å². The molecule has 0 spiro atoms. The first kappa shape index (κ1) is 21.4. The van der Waals surface area contributed by atoms with Crippen molar-refractivity contribution in [3.05, 3.63) is 23.2 Å². The minimum absolute atomic E-state index is 0. The topological polar surface area (TPSA) is 58.6 Å². The quantitative estimate of drug-likeness (QED) is 0.791. The van der Waals surface area contributed by atoms with Crippen molar-refractivity contribution in [2.24, 2.45) is 5.92 Å². The van der Waals surface area contributed by atoms with E-state index < -0.39 is 16.6 Å². The molecule has 0 amide bonds. The fraction of sp³-hybridized carbons (Fsp3) is 0.571. The maximum atomic E-state index is 12.7. The lowest BCUT2D eigenvalue weighted by atomic mass is 10.00. The van der Waals surface area contributed by atoms with Gasteiger partial charge >= 0.3 is 6.61 Å². The summed E-state index contributed by atoms with van der Waals surface area (Å²) in [5.41, 5.74) is 0. The number of ether oxygens (including phenoxy) is 1. The lowest BCUT2D eigenvalue weighted by Crippen LogP contribution is -2.42. The molecule has 1 aromatic carbocycles. The Morgan fingerprint density at radius 1 is 1.46 bits per heavy atom. The van der Waals surface area contributed by atoms with Crippen LogP contribution in [0.3, 0.4) is 0 Å². The fourth-order valence-electron chi connectivity index (χ4n) is 2.68. The average molecular weight is 405 g/mol. The van der Waals surface area contributed by atoms with Gasteiger partial charge in [-0.1, -0.05) is 11.6 Å². The van der Waals surface area contributed by atoms with Gasteiger partial charge in [0.2, 0.25) is 10.0 Å². The molecule has 1 fully saturated rings. The number of sulfonamides is 1. The Bertz CT molecular complexity index is 645. The van der Waals surface area contributed by atoms with Crippen LogP contribution in [0.25, 0.3) is 0 Å². The highest BCUT2D eigenvalue weighted by Crippen LogP contribution is 2.31. The summed E-state index contributed by atoms with van der Waals surface area (Å²) in [6, 6.07) is 3.54. The van der Waals surface area contributed by atoms with Crippen LogP contribution in [0.15, 0.2) is 23.1 Å². The normalized spacial score (nSPS) is 19.1. The first-order valence-corrected chi connectivity index (χ1v) is 9.05. The molecule has 2 rings (SSSR count). The summed E-state index contributed by atoms with van der Waals surface area (Å²) in [6.07, 6.45) is 1.75. The fourth-order valence-corrected chi connectivity index (χ4v) is 4.55. The van der Waals surface area contributed by atoms with Crippen molar-refractivity contribution in [1.29, 1.82) is 0 Å². The van der Waals surface area contributed by atoms with E-state index in [2.05, 4.69) is 10.1 Å². The molecular formula is C14H20Cl2F2N2O3S. The second-order valence-electron chi connectivity index (χ2n) is 5.40. The number of piperidine rings is 1. The number of halogens is 4. The van der Waals surface area contributed by atoms with Gasteiger partial charge in [-0.15, -0.1) is 12.4 Å². The Kier molecular flexibility index (Phi) is 8.14. The van der Waals surface area contributed by atoms with E-state index in [1.54, 1.807) is 0 Å². The third-order valence-corrected chi connectivity index (χ3v) is 5.89. The summed E-state index contributed by atoms with van der Waals surface area (Å²) >= 11 is 5.85. The largest absolute Gasteiger partial charge is 0.433 e. The van der Waals surface area contributed by atoms with Gasteiger partial charge in [-0.25, -0.2) is 8.42 Å². The van der Waals surface area contributed by atoms with Crippen LogP contribution >= 0.6 is 24.0 Å². The molecule has 1 unspecified atom stereocenters. The smallest absolute Gasteiger partial charge is 0.387 e. The molecule has 5 nitrogen and oxygen atoms in total. The predicted octanol–water partition coefficient (Wildman–Crippen LogP) is 2.98. The van der Waals surface area contributed by atoms with E-state index in [4.69, 9.17) is 11.6 Å². The van der Waals surface area contributed by atoms with E-state index in [0.29, 0.717) is 13.1 Å². The number of nitrogens with one attached hydrogen (secondary N) is 1. The van der Waals surface area contributed by atoms with Crippen molar-refractivity contribution in [2.75, 3.05) is 26.7 Å². The minimum atomic E-state index is -3.70. The van der Waals surface area contributed by atoms with Gasteiger partial charge < -0.3 is 10.1 Å². The van der Waals surface area contributed by atoms with Gasteiger partial charge in [0.05, 0.1) is 9.92 Å². The highest BCUT2D eigenvalue weighted by molar-refractivity contribution is 7.89. The number of nitrogens with zero attached hydrogens (tertiary/aromatic N) is 1. The van der Waals surface area contributed by atoms with Crippen LogP contribution in [0.5, 0.6) is 5.75 Å². The van der Waals surface area contributed by atoms with Crippen molar-refractivity contribution in [3.63, 3.8) is 0 Å². The number of benzene rings is 1. The molecule has 0 aromatic heterocycles. The predicted molar refractivity (Wildman–Crippen MR) is 90.7 cm³/mol. The van der Waals surface area contributed by atoms with E-state index in [1.165, 1.54) is 10.4 Å². The maximum absolute atomic E-state index is 12.7. The van der Waals surface area contributed by atoms with Crippen LogP contribution in [0.4, 0.5) is 8.78 Å². The molecule has 1 saturated heterocycles. The Morgan fingerprint density at radius 3 is 2.75 bits per heavy atom. The van der Waals surface area contributed by atoms with Gasteiger partial charge in [-0.3, -0.25) is 0 Å². The van der Waals surface area contributed by atoms with E-state index >= 15 is 0 Å². The van der Waals surface area contributed by atoms with Gasteiger partial charge in [0.25, 0.3) is 0 Å². The summed E-state index contributed by atoms with van der Waals surface area (Å²) in [7, 11) is -1.87. The highest BCUT2D eigenvalue weighted by Gasteiger charge is 2.30. The van der Waals surface area contributed by atoms with Gasteiger partial charge in [-0.2, -0.15) is 13.1 Å². The van der Waals surface area contributed by atoms with E-state index in [1.807, 2.05) is 7.05 Å². The molecule has 0 saturated carbocycles. The van der Waals surface area contributed by atoms with Crippen LogP contribution in [-0.4, -0.2) is 46.0 Å². The summed E-state index contributed by atoms with van der Waals surface area (Å²) in [6.45, 7) is -1.40. The SMILES string of the molecule is CNCC1CCCN(S(=O)(=O)c2ccc(OC(F)F)c(Cl)c2)C1.Cl. The third-order valence-electron chi connectivity index (χ3n) is 3.73. The van der Waals surface area contributed by atoms with E-state index in [-0.39, 0.29) is 34.0 Å². The van der Waals surface area contributed by atoms with Crippen molar-refractivity contribution < 1.29 is 21.9 Å². The molecule has 1 aliphatic rings. The van der Waals surface area contributed by atoms with Gasteiger partial charge in [-0.05, 0) is 50.6 Å². The second-order valence-corrected chi connectivity index (χ2v) is 7.74. The maximum Gasteiger partial charge on any atom is 0.387 e. The number of hydrogen-bond donors (Lipinski definition) is 1. The van der Waals surface area contributed by atoms with E-state index in [9.17, 15) is 17.2 Å². The third kappa shape index (κ3) is 5.16. The van der Waals surface area contributed by atoms with Crippen LogP contribution in [0.1, 0.15) is 12.8 Å². The highest BCUT2D eigenvalue weighted by atomic mass is 35.5. The Labute approximate surface area is 151 Å². The Morgan fingerprint density at radius 2 is 2.17 bits per heavy atom. The summed E-state index contributed by atoms with van der Waals surface area (Å²) in [5.74, 6) is 0.00718. The minimum Gasteiger partial charge on any atom is -0.433 e. The summed E-state index contributed by atoms with van der Waals surface area (Å²) in [5, 5.41) is 2.90. The van der Waals surface area contributed by atoms with E-state index in [0.717, 1.165) is 31.5 Å². The zero-order valence-electron chi connectivity index (χ0n) is 13.0. The van der Waals surface area contributed by atoms with Crippen molar-refractivity contribution in [1.82, 2.24) is 9.62 Å². The number of hydrogen-bond acceptors (Lipinski definition) is 4. The van der Waals surface area contributed by atoms with Gasteiger partial charge in [0.15, 0.2) is 0 Å². The Hall–Kier alpha value is -0.670. The Balaban J connectivity index is 0.00000288. The number of alkyl halides is 2. The standard InChI is InChI=1S/C14H19ClF2N2O3S.ClH/c1-18-8-10-3-2-6-19(9-10)23(20,21)11-4-5-13(12(15)7-11)22-14(16)17;/h4-5,7,10,14,18H,2-3,6,8-9H2,1H3;1H.